The second-order valence-electron chi connectivity index (χ2n) is 5.72. The van der Waals surface area contributed by atoms with Gasteiger partial charge >= 0.3 is 5.97 Å². The van der Waals surface area contributed by atoms with E-state index in [0.29, 0.717) is 6.42 Å². The Labute approximate surface area is 144 Å². The standard InChI is InChI=1S/C14H23N5O6/c1-7(18-14(25)8-3-2-4-16-8)12(23)19-9(5-10(15)20)13(24)17-6-11(21)22/h7-9,16H,2-6H2,1H3,(H2,15,20)(H,17,24)(H,18,25)(H,19,23)(H,21,22). The molecule has 140 valence electrons. The SMILES string of the molecule is CC(NC(=O)C1CCCN1)C(=O)NC(CC(N)=O)C(=O)NCC(=O)O. The molecule has 3 atom stereocenters. The molecule has 0 aliphatic carbocycles. The number of hydrogen-bond acceptors (Lipinski definition) is 6. The third-order valence-corrected chi connectivity index (χ3v) is 3.58. The van der Waals surface area contributed by atoms with Gasteiger partial charge in [0.05, 0.1) is 12.5 Å². The quantitative estimate of drug-likeness (QED) is 0.251. The van der Waals surface area contributed by atoms with E-state index in [4.69, 9.17) is 10.8 Å². The van der Waals surface area contributed by atoms with Crippen molar-refractivity contribution in [1.29, 1.82) is 0 Å². The molecule has 11 nitrogen and oxygen atoms in total. The van der Waals surface area contributed by atoms with Crippen LogP contribution in [0.4, 0.5) is 0 Å². The van der Waals surface area contributed by atoms with E-state index in [9.17, 15) is 24.0 Å². The van der Waals surface area contributed by atoms with Crippen LogP contribution < -0.4 is 27.0 Å². The third kappa shape index (κ3) is 7.16. The van der Waals surface area contributed by atoms with E-state index < -0.39 is 48.7 Å². The number of carboxylic acid groups (broad SMARTS) is 1. The zero-order valence-electron chi connectivity index (χ0n) is 13.8. The molecule has 0 aromatic rings. The molecule has 3 unspecified atom stereocenters. The lowest BCUT2D eigenvalue weighted by Gasteiger charge is -2.21. The fourth-order valence-electron chi connectivity index (χ4n) is 2.28. The maximum absolute atomic E-state index is 12.1. The van der Waals surface area contributed by atoms with Crippen LogP contribution in [0.2, 0.25) is 0 Å². The number of carbonyl (C=O) groups is 5. The van der Waals surface area contributed by atoms with Gasteiger partial charge in [0.1, 0.15) is 18.6 Å². The topological polar surface area (TPSA) is 180 Å². The number of hydrogen-bond donors (Lipinski definition) is 6. The molecular weight excluding hydrogens is 334 g/mol. The van der Waals surface area contributed by atoms with Gasteiger partial charge in [0.25, 0.3) is 0 Å². The molecule has 0 aromatic carbocycles. The molecule has 0 saturated carbocycles. The van der Waals surface area contributed by atoms with Crippen LogP contribution in [0.1, 0.15) is 26.2 Å². The Morgan fingerprint density at radius 3 is 2.40 bits per heavy atom. The van der Waals surface area contributed by atoms with Crippen molar-refractivity contribution < 1.29 is 29.1 Å². The summed E-state index contributed by atoms with van der Waals surface area (Å²) in [6.07, 6.45) is 1.03. The van der Waals surface area contributed by atoms with Gasteiger partial charge in [-0.2, -0.15) is 0 Å². The molecular formula is C14H23N5O6. The summed E-state index contributed by atoms with van der Waals surface area (Å²) in [5.41, 5.74) is 5.04. The monoisotopic (exact) mass is 357 g/mol. The van der Waals surface area contributed by atoms with Gasteiger partial charge in [-0.3, -0.25) is 24.0 Å². The minimum atomic E-state index is -1.33. The summed E-state index contributed by atoms with van der Waals surface area (Å²) in [6.45, 7) is 1.49. The zero-order chi connectivity index (χ0) is 19.0. The van der Waals surface area contributed by atoms with E-state index >= 15 is 0 Å². The highest BCUT2D eigenvalue weighted by Gasteiger charge is 2.28. The normalized spacial score (nSPS) is 18.7. The predicted octanol–water partition coefficient (Wildman–Crippen LogP) is -3.20. The van der Waals surface area contributed by atoms with Crippen molar-refractivity contribution in [2.75, 3.05) is 13.1 Å². The average Bonchev–Trinajstić information content (AvgIpc) is 3.05. The van der Waals surface area contributed by atoms with E-state index in [1.54, 1.807) is 0 Å². The van der Waals surface area contributed by atoms with Crippen LogP contribution in [0.5, 0.6) is 0 Å². The van der Waals surface area contributed by atoms with Crippen molar-refractivity contribution in [2.45, 2.75) is 44.3 Å². The highest BCUT2D eigenvalue weighted by atomic mass is 16.4. The van der Waals surface area contributed by atoms with Gasteiger partial charge in [-0.1, -0.05) is 0 Å². The van der Waals surface area contributed by atoms with Crippen LogP contribution in [-0.2, 0) is 24.0 Å². The van der Waals surface area contributed by atoms with E-state index in [1.165, 1.54) is 6.92 Å². The van der Waals surface area contributed by atoms with Crippen LogP contribution >= 0.6 is 0 Å². The summed E-state index contributed by atoms with van der Waals surface area (Å²) in [4.78, 5) is 57.5. The van der Waals surface area contributed by atoms with Gasteiger partial charge in [0, 0.05) is 0 Å². The summed E-state index contributed by atoms with van der Waals surface area (Å²) in [5, 5.41) is 18.4. The Bertz CT molecular complexity index is 546. The Morgan fingerprint density at radius 2 is 1.88 bits per heavy atom. The van der Waals surface area contributed by atoms with Crippen LogP contribution in [0.3, 0.4) is 0 Å². The highest BCUT2D eigenvalue weighted by Crippen LogP contribution is 2.05. The molecule has 0 bridgehead atoms. The van der Waals surface area contributed by atoms with E-state index in [0.717, 1.165) is 13.0 Å². The number of carbonyl (C=O) groups excluding carboxylic acids is 4. The lowest BCUT2D eigenvalue weighted by atomic mass is 10.1. The van der Waals surface area contributed by atoms with Gasteiger partial charge in [0.2, 0.25) is 23.6 Å². The van der Waals surface area contributed by atoms with Crippen LogP contribution in [0.15, 0.2) is 0 Å². The lowest BCUT2D eigenvalue weighted by molar-refractivity contribution is -0.138. The molecule has 25 heavy (non-hydrogen) atoms. The molecule has 1 rings (SSSR count). The average molecular weight is 357 g/mol. The van der Waals surface area contributed by atoms with Crippen molar-refractivity contribution in [3.05, 3.63) is 0 Å². The Kier molecular flexibility index (Phi) is 7.79. The van der Waals surface area contributed by atoms with E-state index in [1.807, 2.05) is 0 Å². The van der Waals surface area contributed by atoms with Crippen molar-refractivity contribution in [3.8, 4) is 0 Å². The predicted molar refractivity (Wildman–Crippen MR) is 85.0 cm³/mol. The number of amides is 4. The van der Waals surface area contributed by atoms with Crippen LogP contribution in [0, 0.1) is 0 Å². The second kappa shape index (κ2) is 9.57. The summed E-state index contributed by atoms with van der Waals surface area (Å²) in [6, 6.07) is -2.64. The number of carboxylic acids is 1. The van der Waals surface area contributed by atoms with Crippen molar-refractivity contribution in [1.82, 2.24) is 21.3 Å². The molecule has 0 radical (unpaired) electrons. The molecule has 7 N–H and O–H groups in total. The van der Waals surface area contributed by atoms with Gasteiger partial charge in [-0.15, -0.1) is 0 Å². The van der Waals surface area contributed by atoms with Crippen molar-refractivity contribution in [3.63, 3.8) is 0 Å². The zero-order valence-corrected chi connectivity index (χ0v) is 13.8. The summed E-state index contributed by atoms with van der Waals surface area (Å²) < 4.78 is 0. The summed E-state index contributed by atoms with van der Waals surface area (Å²) >= 11 is 0. The molecule has 1 aliphatic rings. The number of aliphatic carboxylic acids is 1. The molecule has 4 amide bonds. The first-order valence-electron chi connectivity index (χ1n) is 7.82. The molecule has 1 saturated heterocycles. The van der Waals surface area contributed by atoms with Gasteiger partial charge in [0.15, 0.2) is 0 Å². The fraction of sp³-hybridized carbons (Fsp3) is 0.643. The number of rotatable bonds is 9. The first kappa shape index (κ1) is 20.4. The molecule has 11 heteroatoms. The molecule has 1 heterocycles. The molecule has 1 aliphatic heterocycles. The summed E-state index contributed by atoms with van der Waals surface area (Å²) in [7, 11) is 0. The first-order chi connectivity index (χ1) is 11.7. The number of primary amides is 1. The fourth-order valence-corrected chi connectivity index (χ4v) is 2.28. The minimum absolute atomic E-state index is 0.332. The molecule has 0 spiro atoms. The van der Waals surface area contributed by atoms with Crippen molar-refractivity contribution >= 4 is 29.6 Å². The highest BCUT2D eigenvalue weighted by molar-refractivity contribution is 5.95. The Morgan fingerprint density at radius 1 is 1.20 bits per heavy atom. The maximum Gasteiger partial charge on any atom is 0.322 e. The van der Waals surface area contributed by atoms with E-state index in [2.05, 4.69) is 21.3 Å². The number of nitrogens with two attached hydrogens (primary N) is 1. The number of nitrogens with one attached hydrogen (secondary N) is 4. The molecule has 0 aromatic heterocycles. The third-order valence-electron chi connectivity index (χ3n) is 3.58. The minimum Gasteiger partial charge on any atom is -0.480 e. The van der Waals surface area contributed by atoms with Gasteiger partial charge in [-0.05, 0) is 26.3 Å². The Balaban J connectivity index is 2.59. The first-order valence-corrected chi connectivity index (χ1v) is 7.82. The van der Waals surface area contributed by atoms with Gasteiger partial charge in [-0.25, -0.2) is 0 Å². The van der Waals surface area contributed by atoms with Gasteiger partial charge < -0.3 is 32.1 Å². The smallest absolute Gasteiger partial charge is 0.322 e. The van der Waals surface area contributed by atoms with E-state index in [-0.39, 0.29) is 11.9 Å². The Hall–Kier alpha value is -2.69. The summed E-state index contributed by atoms with van der Waals surface area (Å²) in [5.74, 6) is -4.00. The molecule has 1 fully saturated rings. The van der Waals surface area contributed by atoms with Crippen LogP contribution in [0.25, 0.3) is 0 Å². The maximum atomic E-state index is 12.1. The lowest BCUT2D eigenvalue weighted by Crippen LogP contribution is -2.55. The second-order valence-corrected chi connectivity index (χ2v) is 5.72. The largest absolute Gasteiger partial charge is 0.480 e. The van der Waals surface area contributed by atoms with Crippen molar-refractivity contribution in [2.24, 2.45) is 5.73 Å². The van der Waals surface area contributed by atoms with Crippen LogP contribution in [-0.4, -0.2) is 65.9 Å².